The summed E-state index contributed by atoms with van der Waals surface area (Å²) < 4.78 is 58.0. The van der Waals surface area contributed by atoms with Crippen molar-refractivity contribution in [1.29, 1.82) is 0 Å². The topological polar surface area (TPSA) is 129 Å². The number of nitrogens with one attached hydrogen (secondary N) is 1. The smallest absolute Gasteiger partial charge is 0.338 e. The Kier molecular flexibility index (Phi) is 6.23. The molecule has 1 aliphatic heterocycles. The standard InChI is InChI=1S/C22H26N2O7S2/c1-14-10-20(15(2)24(14)18-8-9-32(27,28)13-18)21(25)12-31-22(26)16-4-3-5-19(11-16)33(29,30)23-17-6-7-17/h3-5,10-11,17-18,23H,6-9,12-13H2,1-2H3. The van der Waals surface area contributed by atoms with Crippen LogP contribution in [0.3, 0.4) is 0 Å². The van der Waals surface area contributed by atoms with Crippen molar-refractivity contribution in [3.05, 3.63) is 52.8 Å². The third-order valence-corrected chi connectivity index (χ3v) is 9.24. The zero-order valence-corrected chi connectivity index (χ0v) is 20.0. The predicted molar refractivity (Wildman–Crippen MR) is 121 cm³/mol. The molecule has 0 amide bonds. The van der Waals surface area contributed by atoms with Crippen LogP contribution in [0.4, 0.5) is 0 Å². The van der Waals surface area contributed by atoms with Crippen molar-refractivity contribution in [2.45, 2.75) is 50.1 Å². The Hall–Kier alpha value is -2.50. The number of sulfone groups is 1. The second-order valence-corrected chi connectivity index (χ2v) is 12.6. The highest BCUT2D eigenvalue weighted by molar-refractivity contribution is 7.91. The van der Waals surface area contributed by atoms with E-state index in [-0.39, 0.29) is 34.0 Å². The molecule has 4 rings (SSSR count). The van der Waals surface area contributed by atoms with Gasteiger partial charge < -0.3 is 9.30 Å². The zero-order chi connectivity index (χ0) is 24.0. The van der Waals surface area contributed by atoms with Crippen molar-refractivity contribution < 1.29 is 31.2 Å². The van der Waals surface area contributed by atoms with E-state index in [0.29, 0.717) is 17.7 Å². The quantitative estimate of drug-likeness (QED) is 0.439. The number of benzene rings is 1. The van der Waals surface area contributed by atoms with E-state index < -0.39 is 38.2 Å². The first kappa shape index (κ1) is 23.7. The molecule has 1 atom stereocenters. The molecule has 9 nitrogen and oxygen atoms in total. The summed E-state index contributed by atoms with van der Waals surface area (Å²) in [6.45, 7) is 3.04. The third-order valence-electron chi connectivity index (χ3n) is 5.97. The summed E-state index contributed by atoms with van der Waals surface area (Å²) in [5, 5.41) is 0. The summed E-state index contributed by atoms with van der Waals surface area (Å²) in [4.78, 5) is 25.2. The predicted octanol–water partition coefficient (Wildman–Crippen LogP) is 1.94. The molecule has 1 saturated heterocycles. The number of hydrogen-bond donors (Lipinski definition) is 1. The molecule has 2 fully saturated rings. The Labute approximate surface area is 193 Å². The SMILES string of the molecule is Cc1cc(C(=O)COC(=O)c2cccc(S(=O)(=O)NC3CC3)c2)c(C)n1C1CCS(=O)(=O)C1. The molecule has 0 radical (unpaired) electrons. The molecular formula is C22H26N2O7S2. The maximum Gasteiger partial charge on any atom is 0.338 e. The molecule has 1 unspecified atom stereocenters. The Balaban J connectivity index is 1.44. The van der Waals surface area contributed by atoms with Gasteiger partial charge >= 0.3 is 5.97 Å². The summed E-state index contributed by atoms with van der Waals surface area (Å²) in [6, 6.07) is 6.89. The van der Waals surface area contributed by atoms with Crippen LogP contribution in [0.1, 0.15) is 57.4 Å². The normalized spacial score (nSPS) is 20.0. The average molecular weight is 495 g/mol. The molecule has 1 aromatic heterocycles. The fourth-order valence-corrected chi connectivity index (χ4v) is 7.22. The Bertz CT molecular complexity index is 1320. The molecule has 1 saturated carbocycles. The average Bonchev–Trinajstić information content (AvgIpc) is 3.41. The van der Waals surface area contributed by atoms with Crippen LogP contribution in [-0.2, 0) is 24.6 Å². The molecule has 0 bridgehead atoms. The van der Waals surface area contributed by atoms with Gasteiger partial charge in [0.25, 0.3) is 0 Å². The lowest BCUT2D eigenvalue weighted by molar-refractivity contribution is 0.0474. The zero-order valence-electron chi connectivity index (χ0n) is 18.4. The van der Waals surface area contributed by atoms with Gasteiger partial charge in [-0.25, -0.2) is 26.4 Å². The Morgan fingerprint density at radius 2 is 1.88 bits per heavy atom. The summed E-state index contributed by atoms with van der Waals surface area (Å²) in [6.07, 6.45) is 2.08. The van der Waals surface area contributed by atoms with Crippen LogP contribution < -0.4 is 4.72 Å². The van der Waals surface area contributed by atoms with Crippen molar-refractivity contribution in [3.8, 4) is 0 Å². The van der Waals surface area contributed by atoms with Crippen molar-refractivity contribution >= 4 is 31.6 Å². The van der Waals surface area contributed by atoms with Crippen LogP contribution in [0.2, 0.25) is 0 Å². The summed E-state index contributed by atoms with van der Waals surface area (Å²) in [7, 11) is -6.80. The van der Waals surface area contributed by atoms with Crippen LogP contribution in [0, 0.1) is 13.8 Å². The fraction of sp³-hybridized carbons (Fsp3) is 0.455. The van der Waals surface area contributed by atoms with E-state index in [9.17, 15) is 26.4 Å². The lowest BCUT2D eigenvalue weighted by atomic mass is 10.1. The molecule has 2 aliphatic rings. The van der Waals surface area contributed by atoms with E-state index in [2.05, 4.69) is 4.72 Å². The lowest BCUT2D eigenvalue weighted by Crippen LogP contribution is -2.26. The van der Waals surface area contributed by atoms with Gasteiger partial charge in [0.05, 0.1) is 22.0 Å². The molecular weight excluding hydrogens is 468 g/mol. The number of ketones is 1. The number of aryl methyl sites for hydroxylation is 1. The highest BCUT2D eigenvalue weighted by Crippen LogP contribution is 2.29. The van der Waals surface area contributed by atoms with Crippen LogP contribution in [-0.4, -0.2) is 57.3 Å². The van der Waals surface area contributed by atoms with Gasteiger partial charge in [-0.3, -0.25) is 4.79 Å². The van der Waals surface area contributed by atoms with Gasteiger partial charge in [-0.05, 0) is 57.4 Å². The molecule has 1 aliphatic carbocycles. The molecule has 2 aromatic rings. The van der Waals surface area contributed by atoms with Gasteiger partial charge in [-0.2, -0.15) is 0 Å². The largest absolute Gasteiger partial charge is 0.454 e. The van der Waals surface area contributed by atoms with E-state index in [1.54, 1.807) is 13.0 Å². The summed E-state index contributed by atoms with van der Waals surface area (Å²) >= 11 is 0. The molecule has 0 spiro atoms. The number of nitrogens with zero attached hydrogens (tertiary/aromatic N) is 1. The minimum Gasteiger partial charge on any atom is -0.454 e. The van der Waals surface area contributed by atoms with E-state index >= 15 is 0 Å². The molecule has 178 valence electrons. The van der Waals surface area contributed by atoms with E-state index in [0.717, 1.165) is 18.5 Å². The maximum absolute atomic E-state index is 12.7. The Morgan fingerprint density at radius 1 is 1.15 bits per heavy atom. The first-order chi connectivity index (χ1) is 15.5. The van der Waals surface area contributed by atoms with E-state index in [1.165, 1.54) is 24.3 Å². The summed E-state index contributed by atoms with van der Waals surface area (Å²) in [5.41, 5.74) is 1.80. The van der Waals surface area contributed by atoms with Crippen molar-refractivity contribution in [2.24, 2.45) is 0 Å². The number of carbonyl (C=O) groups excluding carboxylic acids is 2. The minimum atomic E-state index is -3.72. The van der Waals surface area contributed by atoms with Crippen LogP contribution >= 0.6 is 0 Å². The van der Waals surface area contributed by atoms with Crippen molar-refractivity contribution in [3.63, 3.8) is 0 Å². The van der Waals surface area contributed by atoms with Crippen LogP contribution in [0.5, 0.6) is 0 Å². The fourth-order valence-electron chi connectivity index (χ4n) is 4.17. The second kappa shape index (κ2) is 8.69. The maximum atomic E-state index is 12.7. The number of sulfonamides is 1. The first-order valence-electron chi connectivity index (χ1n) is 10.7. The van der Waals surface area contributed by atoms with Gasteiger partial charge in [0.2, 0.25) is 15.8 Å². The monoisotopic (exact) mass is 494 g/mol. The molecule has 2 heterocycles. The number of carbonyl (C=O) groups is 2. The first-order valence-corrected chi connectivity index (χ1v) is 14.0. The number of hydrogen-bond acceptors (Lipinski definition) is 7. The van der Waals surface area contributed by atoms with Gasteiger partial charge in [0.1, 0.15) is 0 Å². The second-order valence-electron chi connectivity index (χ2n) is 8.63. The van der Waals surface area contributed by atoms with Crippen LogP contribution in [0.25, 0.3) is 0 Å². The highest BCUT2D eigenvalue weighted by Gasteiger charge is 2.32. The van der Waals surface area contributed by atoms with E-state index in [1.807, 2.05) is 11.5 Å². The molecule has 11 heteroatoms. The number of esters is 1. The molecule has 33 heavy (non-hydrogen) atoms. The van der Waals surface area contributed by atoms with Crippen molar-refractivity contribution in [1.82, 2.24) is 9.29 Å². The number of aromatic nitrogens is 1. The van der Waals surface area contributed by atoms with Gasteiger partial charge in [-0.15, -0.1) is 0 Å². The molecule has 1 aromatic carbocycles. The minimum absolute atomic E-state index is 0.0307. The molecule has 1 N–H and O–H groups in total. The lowest BCUT2D eigenvalue weighted by Gasteiger charge is -2.16. The van der Waals surface area contributed by atoms with E-state index in [4.69, 9.17) is 4.74 Å². The summed E-state index contributed by atoms with van der Waals surface area (Å²) in [5.74, 6) is -1.05. The van der Waals surface area contributed by atoms with Gasteiger partial charge in [-0.1, -0.05) is 6.07 Å². The number of rotatable bonds is 8. The Morgan fingerprint density at radius 3 is 2.52 bits per heavy atom. The number of Topliss-reactive ketones (excluding diaryl/α,β-unsaturated/α-hetero) is 1. The highest BCUT2D eigenvalue weighted by atomic mass is 32.2. The van der Waals surface area contributed by atoms with Gasteiger partial charge in [0, 0.05) is 29.0 Å². The van der Waals surface area contributed by atoms with Crippen molar-refractivity contribution in [2.75, 3.05) is 18.1 Å². The third kappa shape index (κ3) is 5.20. The number of ether oxygens (including phenoxy) is 1. The van der Waals surface area contributed by atoms with Crippen LogP contribution in [0.15, 0.2) is 35.2 Å². The van der Waals surface area contributed by atoms with Gasteiger partial charge in [0.15, 0.2) is 16.4 Å².